The lowest BCUT2D eigenvalue weighted by Gasteiger charge is -2.06. The highest BCUT2D eigenvalue weighted by molar-refractivity contribution is 5.93. The van der Waals surface area contributed by atoms with E-state index in [1.54, 1.807) is 7.05 Å². The maximum Gasteiger partial charge on any atom is 0.303 e. The van der Waals surface area contributed by atoms with E-state index >= 15 is 0 Å². The summed E-state index contributed by atoms with van der Waals surface area (Å²) in [7, 11) is 1.73. The molecule has 0 unspecified atom stereocenters. The maximum atomic E-state index is 12.8. The molecule has 0 atom stereocenters. The highest BCUT2D eigenvalue weighted by Crippen LogP contribution is 2.34. The number of carbonyl (C=O) groups is 3. The van der Waals surface area contributed by atoms with Crippen molar-refractivity contribution in [3.05, 3.63) is 93.1 Å². The molecule has 1 aliphatic rings. The number of hydrogen-bond acceptors (Lipinski definition) is 6. The van der Waals surface area contributed by atoms with Gasteiger partial charge in [0.25, 0.3) is 0 Å². The fraction of sp³-hybridized carbons (Fsp3) is 0.390. The molecule has 0 fully saturated rings. The number of nitrogens with zero attached hydrogens (tertiary/aromatic N) is 2. The van der Waals surface area contributed by atoms with Gasteiger partial charge in [-0.1, -0.05) is 12.1 Å². The van der Waals surface area contributed by atoms with Gasteiger partial charge in [0, 0.05) is 54.9 Å². The van der Waals surface area contributed by atoms with Crippen LogP contribution in [0.2, 0.25) is 0 Å². The largest absolute Gasteiger partial charge is 0.481 e. The number of aliphatic carboxylic acids is 2. The lowest BCUT2D eigenvalue weighted by molar-refractivity contribution is -0.138. The van der Waals surface area contributed by atoms with Crippen molar-refractivity contribution < 1.29 is 24.6 Å². The molecular weight excluding hydrogens is 656 g/mol. The van der Waals surface area contributed by atoms with Gasteiger partial charge in [-0.2, -0.15) is 0 Å². The Bertz CT molecular complexity index is 2120. The van der Waals surface area contributed by atoms with Crippen LogP contribution in [-0.4, -0.2) is 63.1 Å². The fourth-order valence-corrected chi connectivity index (χ4v) is 6.64. The summed E-state index contributed by atoms with van der Waals surface area (Å²) in [4.78, 5) is 53.1. The number of allylic oxidation sites excluding steroid dienone is 3. The third kappa shape index (κ3) is 9.73. The Balaban J connectivity index is 2.13. The van der Waals surface area contributed by atoms with Gasteiger partial charge in [0.1, 0.15) is 0 Å². The van der Waals surface area contributed by atoms with Gasteiger partial charge in [-0.05, 0) is 142 Å². The Hall–Kier alpha value is -5.29. The summed E-state index contributed by atoms with van der Waals surface area (Å²) in [5.74, 6) is -1.83. The monoisotopic (exact) mass is 708 g/mol. The van der Waals surface area contributed by atoms with E-state index in [0.29, 0.717) is 55.5 Å². The first-order valence-electron chi connectivity index (χ1n) is 17.9. The number of fused-ring (bicyclic) bond motifs is 6. The smallest absolute Gasteiger partial charge is 0.303 e. The summed E-state index contributed by atoms with van der Waals surface area (Å²) in [6.07, 6.45) is 5.41. The Kier molecular flexibility index (Phi) is 13.9. The minimum absolute atomic E-state index is 0.0222. The van der Waals surface area contributed by atoms with Gasteiger partial charge in [-0.25, -0.2) is 4.98 Å². The SMILES string of the molecule is C=CCCc1c(C)c2cc3[nH]c(cc4nc(ccc(CCC(=O)O)c(C)c(=NC)cc1[nH]2)C(C)=C4CCC(=O)NCCCN)c(C)c3CCC(=O)O. The molecule has 3 aromatic heterocycles. The average molecular weight is 709 g/mol. The van der Waals surface area contributed by atoms with E-state index in [1.165, 1.54) is 0 Å². The molecule has 0 aromatic carbocycles. The van der Waals surface area contributed by atoms with Gasteiger partial charge in [0.15, 0.2) is 0 Å². The fourth-order valence-electron chi connectivity index (χ4n) is 6.64. The van der Waals surface area contributed by atoms with Crippen molar-refractivity contribution in [1.82, 2.24) is 20.3 Å². The molecule has 0 radical (unpaired) electrons. The van der Waals surface area contributed by atoms with Crippen LogP contribution in [0.3, 0.4) is 0 Å². The van der Waals surface area contributed by atoms with E-state index in [0.717, 1.165) is 79.4 Å². The number of H-pyrrole nitrogens is 2. The zero-order chi connectivity index (χ0) is 37.9. The molecular formula is C41H52N6O5. The Morgan fingerprint density at radius 1 is 0.827 bits per heavy atom. The number of amides is 1. The number of rotatable bonds is 15. The minimum atomic E-state index is -0.891. The lowest BCUT2D eigenvalue weighted by atomic mass is 10.00. The van der Waals surface area contributed by atoms with E-state index in [-0.39, 0.29) is 25.2 Å². The number of aromatic nitrogens is 3. The van der Waals surface area contributed by atoms with E-state index in [9.17, 15) is 24.6 Å². The molecule has 1 amide bonds. The van der Waals surface area contributed by atoms with Crippen molar-refractivity contribution >= 4 is 51.1 Å². The molecule has 0 spiro atoms. The summed E-state index contributed by atoms with van der Waals surface area (Å²) in [5, 5.41) is 22.9. The van der Waals surface area contributed by atoms with Crippen LogP contribution in [0.25, 0.3) is 33.2 Å². The Labute approximate surface area is 304 Å². The highest BCUT2D eigenvalue weighted by atomic mass is 16.4. The quantitative estimate of drug-likeness (QED) is 0.0780. The van der Waals surface area contributed by atoms with Crippen LogP contribution in [0, 0.1) is 20.8 Å². The van der Waals surface area contributed by atoms with Gasteiger partial charge in [0.2, 0.25) is 5.91 Å². The van der Waals surface area contributed by atoms with Crippen LogP contribution in [0.4, 0.5) is 0 Å². The number of aromatic amines is 2. The van der Waals surface area contributed by atoms with Crippen molar-refractivity contribution in [3.8, 4) is 0 Å². The van der Waals surface area contributed by atoms with E-state index < -0.39 is 11.9 Å². The van der Waals surface area contributed by atoms with Crippen LogP contribution in [-0.2, 0) is 33.6 Å². The third-order valence-electron chi connectivity index (χ3n) is 9.79. The first kappa shape index (κ1) is 39.5. The van der Waals surface area contributed by atoms with Gasteiger partial charge in [0.05, 0.1) is 16.7 Å². The normalized spacial score (nSPS) is 12.2. The molecule has 11 nitrogen and oxygen atoms in total. The zero-order valence-electron chi connectivity index (χ0n) is 31.0. The molecule has 0 saturated carbocycles. The van der Waals surface area contributed by atoms with E-state index in [4.69, 9.17) is 10.7 Å². The van der Waals surface area contributed by atoms with Crippen molar-refractivity contribution in [1.29, 1.82) is 0 Å². The number of hydrogen-bond donors (Lipinski definition) is 6. The summed E-state index contributed by atoms with van der Waals surface area (Å²) in [5.41, 5.74) is 17.9. The molecule has 11 heteroatoms. The van der Waals surface area contributed by atoms with Crippen molar-refractivity contribution in [2.75, 3.05) is 20.1 Å². The molecule has 0 aliphatic carbocycles. The second-order valence-electron chi connectivity index (χ2n) is 13.2. The Morgan fingerprint density at radius 3 is 2.10 bits per heavy atom. The lowest BCUT2D eigenvalue weighted by Crippen LogP contribution is -2.25. The van der Waals surface area contributed by atoms with Crippen LogP contribution >= 0.6 is 0 Å². The molecule has 276 valence electrons. The minimum Gasteiger partial charge on any atom is -0.481 e. The third-order valence-corrected chi connectivity index (χ3v) is 9.79. The second-order valence-corrected chi connectivity index (χ2v) is 13.2. The van der Waals surface area contributed by atoms with Crippen molar-refractivity contribution in [2.45, 2.75) is 85.5 Å². The van der Waals surface area contributed by atoms with Crippen LogP contribution in [0.1, 0.15) is 90.2 Å². The first-order valence-corrected chi connectivity index (χ1v) is 17.9. The second kappa shape index (κ2) is 18.3. The van der Waals surface area contributed by atoms with Gasteiger partial charge < -0.3 is 31.2 Å². The summed E-state index contributed by atoms with van der Waals surface area (Å²) in [6.45, 7) is 12.9. The van der Waals surface area contributed by atoms with Gasteiger partial charge in [-0.3, -0.25) is 19.4 Å². The standard InChI is InChI=1S/C41H52N6O5/c1-7-8-10-29-26(4)34-23-38-31(14-18-41(51)52)27(5)35(47-38)22-37-30(13-16-39(48)44-20-9-19-42)25(3)32(45-37)15-11-28(12-17-40(49)50)24(2)33(43-6)21-36(29)46-34/h7,11,15,21-23,46-47H,1,8-10,12-14,16-20,42H2,2-6H3,(H,44,48)(H,49,50)(H,51,52). The molecule has 7 N–H and O–H groups in total. The Morgan fingerprint density at radius 2 is 1.46 bits per heavy atom. The molecule has 0 saturated heterocycles. The van der Waals surface area contributed by atoms with E-state index in [2.05, 4.69) is 33.8 Å². The highest BCUT2D eigenvalue weighted by Gasteiger charge is 2.19. The molecule has 4 heterocycles. The molecule has 3 aromatic rings. The summed E-state index contributed by atoms with van der Waals surface area (Å²) >= 11 is 0. The molecule has 6 bridgehead atoms. The molecule has 52 heavy (non-hydrogen) atoms. The number of carboxylic acid groups (broad SMARTS) is 2. The number of carbonyl (C=O) groups excluding carboxylic acids is 1. The van der Waals surface area contributed by atoms with Gasteiger partial charge in [-0.15, -0.1) is 6.58 Å². The predicted molar refractivity (Wildman–Crippen MR) is 208 cm³/mol. The maximum absolute atomic E-state index is 12.8. The van der Waals surface area contributed by atoms with Gasteiger partial charge >= 0.3 is 11.9 Å². The van der Waals surface area contributed by atoms with Crippen LogP contribution < -0.4 is 16.4 Å². The first-order chi connectivity index (χ1) is 24.9. The number of nitrogens with two attached hydrogens (primary N) is 1. The topological polar surface area (TPSA) is 187 Å². The number of aryl methyl sites for hydroxylation is 5. The molecule has 1 aliphatic heterocycles. The van der Waals surface area contributed by atoms with Crippen molar-refractivity contribution in [3.63, 3.8) is 0 Å². The summed E-state index contributed by atoms with van der Waals surface area (Å²) in [6, 6.07) is 9.87. The number of nitrogens with one attached hydrogen (secondary N) is 3. The number of carboxylic acids is 2. The summed E-state index contributed by atoms with van der Waals surface area (Å²) < 4.78 is 0. The average Bonchev–Trinajstić information content (AvgIpc) is 3.68. The van der Waals surface area contributed by atoms with Crippen molar-refractivity contribution in [2.24, 2.45) is 10.7 Å². The van der Waals surface area contributed by atoms with Crippen LogP contribution in [0.15, 0.2) is 48.0 Å². The van der Waals surface area contributed by atoms with E-state index in [1.807, 2.05) is 57.2 Å². The predicted octanol–water partition coefficient (Wildman–Crippen LogP) is 6.39. The van der Waals surface area contributed by atoms with Crippen LogP contribution in [0.5, 0.6) is 0 Å². The zero-order valence-corrected chi connectivity index (χ0v) is 31.0. The molecule has 4 rings (SSSR count).